The number of ether oxygens (including phenoxy) is 1. The van der Waals surface area contributed by atoms with E-state index in [4.69, 9.17) is 4.74 Å². The number of hydrogen-bond donors (Lipinski definition) is 1. The van der Waals surface area contributed by atoms with E-state index < -0.39 is 0 Å². The first kappa shape index (κ1) is 13.7. The molecule has 2 aromatic rings. The zero-order chi connectivity index (χ0) is 13.5. The minimum absolute atomic E-state index is 0.164. The first-order valence-electron chi connectivity index (χ1n) is 6.30. The van der Waals surface area contributed by atoms with Crippen molar-refractivity contribution in [3.63, 3.8) is 0 Å². The van der Waals surface area contributed by atoms with Crippen LogP contribution in [-0.4, -0.2) is 7.11 Å². The second kappa shape index (κ2) is 7.02. The molecule has 100 valence electrons. The van der Waals surface area contributed by atoms with Crippen molar-refractivity contribution in [2.45, 2.75) is 19.7 Å². The van der Waals surface area contributed by atoms with Crippen LogP contribution in [0.2, 0.25) is 0 Å². The Bertz CT molecular complexity index is 528. The maximum Gasteiger partial charge on any atom is 0.127 e. The summed E-state index contributed by atoms with van der Waals surface area (Å²) in [7, 11) is 1.68. The predicted molar refractivity (Wildman–Crippen MR) is 74.1 cm³/mol. The lowest BCUT2D eigenvalue weighted by Gasteiger charge is -2.07. The topological polar surface area (TPSA) is 21.3 Å². The standard InChI is InChI=1S/C16H18FNO/c1-19-12-14-6-4-5-13(9-14)10-18-11-15-7-2-3-8-16(15)17/h2-9,18H,10-12H2,1H3. The Morgan fingerprint density at radius 3 is 2.58 bits per heavy atom. The molecule has 19 heavy (non-hydrogen) atoms. The molecule has 0 saturated carbocycles. The summed E-state index contributed by atoms with van der Waals surface area (Å²) >= 11 is 0. The molecule has 0 fully saturated rings. The summed E-state index contributed by atoms with van der Waals surface area (Å²) in [5, 5.41) is 3.25. The van der Waals surface area contributed by atoms with Crippen LogP contribution in [0.3, 0.4) is 0 Å². The minimum Gasteiger partial charge on any atom is -0.380 e. The maximum absolute atomic E-state index is 13.4. The van der Waals surface area contributed by atoms with Crippen LogP contribution < -0.4 is 5.32 Å². The van der Waals surface area contributed by atoms with Crippen molar-refractivity contribution in [1.29, 1.82) is 0 Å². The third kappa shape index (κ3) is 4.16. The van der Waals surface area contributed by atoms with Gasteiger partial charge >= 0.3 is 0 Å². The molecular weight excluding hydrogens is 241 g/mol. The van der Waals surface area contributed by atoms with Gasteiger partial charge in [-0.3, -0.25) is 0 Å². The molecule has 0 aromatic heterocycles. The van der Waals surface area contributed by atoms with Crippen molar-refractivity contribution < 1.29 is 9.13 Å². The molecule has 0 aliphatic rings. The van der Waals surface area contributed by atoms with E-state index in [1.807, 2.05) is 24.3 Å². The van der Waals surface area contributed by atoms with Crippen molar-refractivity contribution in [3.05, 3.63) is 71.0 Å². The van der Waals surface area contributed by atoms with Crippen molar-refractivity contribution >= 4 is 0 Å². The zero-order valence-corrected chi connectivity index (χ0v) is 11.0. The Balaban J connectivity index is 1.89. The van der Waals surface area contributed by atoms with Gasteiger partial charge in [0.2, 0.25) is 0 Å². The largest absolute Gasteiger partial charge is 0.380 e. The number of halogens is 1. The van der Waals surface area contributed by atoms with Gasteiger partial charge in [0.15, 0.2) is 0 Å². The normalized spacial score (nSPS) is 10.6. The lowest BCUT2D eigenvalue weighted by Crippen LogP contribution is -2.13. The van der Waals surface area contributed by atoms with Crippen LogP contribution in [0, 0.1) is 5.82 Å². The van der Waals surface area contributed by atoms with Crippen molar-refractivity contribution in [2.24, 2.45) is 0 Å². The van der Waals surface area contributed by atoms with Gasteiger partial charge in [-0.1, -0.05) is 42.5 Å². The van der Waals surface area contributed by atoms with Crippen LogP contribution in [-0.2, 0) is 24.4 Å². The quantitative estimate of drug-likeness (QED) is 0.859. The average molecular weight is 259 g/mol. The molecule has 3 heteroatoms. The van der Waals surface area contributed by atoms with Crippen LogP contribution in [0.15, 0.2) is 48.5 Å². The van der Waals surface area contributed by atoms with Crippen molar-refractivity contribution in [1.82, 2.24) is 5.32 Å². The van der Waals surface area contributed by atoms with Gasteiger partial charge in [0.05, 0.1) is 6.61 Å². The Hall–Kier alpha value is -1.71. The third-order valence-electron chi connectivity index (χ3n) is 2.90. The van der Waals surface area contributed by atoms with E-state index in [9.17, 15) is 4.39 Å². The molecule has 2 nitrogen and oxygen atoms in total. The Labute approximate surface area is 113 Å². The summed E-state index contributed by atoms with van der Waals surface area (Å²) < 4.78 is 18.5. The molecule has 0 saturated heterocycles. The molecule has 0 unspecified atom stereocenters. The molecule has 2 rings (SSSR count). The first-order valence-corrected chi connectivity index (χ1v) is 6.30. The van der Waals surface area contributed by atoms with E-state index in [2.05, 4.69) is 11.4 Å². The molecule has 0 aliphatic carbocycles. The number of methoxy groups -OCH3 is 1. The number of rotatable bonds is 6. The predicted octanol–water partition coefficient (Wildman–Crippen LogP) is 3.26. The van der Waals surface area contributed by atoms with Crippen LogP contribution >= 0.6 is 0 Å². The number of nitrogens with one attached hydrogen (secondary N) is 1. The fourth-order valence-electron chi connectivity index (χ4n) is 1.98. The van der Waals surface area contributed by atoms with E-state index in [-0.39, 0.29) is 5.82 Å². The van der Waals surface area contributed by atoms with Gasteiger partial charge in [-0.05, 0) is 17.2 Å². The molecule has 0 heterocycles. The van der Waals surface area contributed by atoms with Crippen LogP contribution in [0.4, 0.5) is 4.39 Å². The fourth-order valence-corrected chi connectivity index (χ4v) is 1.98. The van der Waals surface area contributed by atoms with Gasteiger partial charge in [-0.25, -0.2) is 4.39 Å². The summed E-state index contributed by atoms with van der Waals surface area (Å²) in [6, 6.07) is 15.0. The second-order valence-corrected chi connectivity index (χ2v) is 4.45. The van der Waals surface area contributed by atoms with Gasteiger partial charge in [0.25, 0.3) is 0 Å². The van der Waals surface area contributed by atoms with Gasteiger partial charge in [0, 0.05) is 25.8 Å². The summed E-state index contributed by atoms with van der Waals surface area (Å²) in [6.45, 7) is 1.86. The monoisotopic (exact) mass is 259 g/mol. The summed E-state index contributed by atoms with van der Waals surface area (Å²) in [4.78, 5) is 0. The van der Waals surface area contributed by atoms with E-state index in [1.165, 1.54) is 11.6 Å². The first-order chi connectivity index (χ1) is 9.29. The lowest BCUT2D eigenvalue weighted by molar-refractivity contribution is 0.185. The third-order valence-corrected chi connectivity index (χ3v) is 2.90. The highest BCUT2D eigenvalue weighted by Crippen LogP contribution is 2.08. The molecule has 2 aromatic carbocycles. The average Bonchev–Trinajstić information content (AvgIpc) is 2.42. The minimum atomic E-state index is -0.164. The van der Waals surface area contributed by atoms with Gasteiger partial charge in [0.1, 0.15) is 5.82 Å². The van der Waals surface area contributed by atoms with E-state index in [1.54, 1.807) is 19.2 Å². The number of benzene rings is 2. The Morgan fingerprint density at radius 1 is 1.00 bits per heavy atom. The van der Waals surface area contributed by atoms with Crippen LogP contribution in [0.5, 0.6) is 0 Å². The highest BCUT2D eigenvalue weighted by molar-refractivity contribution is 5.23. The SMILES string of the molecule is COCc1cccc(CNCc2ccccc2F)c1. The summed E-state index contributed by atoms with van der Waals surface area (Å²) in [6.07, 6.45) is 0. The van der Waals surface area contributed by atoms with E-state index in [0.29, 0.717) is 25.3 Å². The maximum atomic E-state index is 13.4. The van der Waals surface area contributed by atoms with Crippen molar-refractivity contribution in [2.75, 3.05) is 7.11 Å². The molecule has 0 radical (unpaired) electrons. The Kier molecular flexibility index (Phi) is 5.07. The van der Waals surface area contributed by atoms with Crippen LogP contribution in [0.1, 0.15) is 16.7 Å². The number of hydrogen-bond acceptors (Lipinski definition) is 2. The second-order valence-electron chi connectivity index (χ2n) is 4.45. The molecule has 0 spiro atoms. The molecule has 0 aliphatic heterocycles. The molecule has 0 atom stereocenters. The highest BCUT2D eigenvalue weighted by Gasteiger charge is 2.00. The molecule has 1 N–H and O–H groups in total. The van der Waals surface area contributed by atoms with E-state index in [0.717, 1.165) is 5.56 Å². The van der Waals surface area contributed by atoms with Gasteiger partial charge in [-0.2, -0.15) is 0 Å². The van der Waals surface area contributed by atoms with E-state index >= 15 is 0 Å². The van der Waals surface area contributed by atoms with Gasteiger partial charge in [-0.15, -0.1) is 0 Å². The lowest BCUT2D eigenvalue weighted by atomic mass is 10.1. The van der Waals surface area contributed by atoms with Crippen molar-refractivity contribution in [3.8, 4) is 0 Å². The fraction of sp³-hybridized carbons (Fsp3) is 0.250. The zero-order valence-electron chi connectivity index (χ0n) is 11.0. The Morgan fingerprint density at radius 2 is 1.79 bits per heavy atom. The highest BCUT2D eigenvalue weighted by atomic mass is 19.1. The molecular formula is C16H18FNO. The molecule has 0 bridgehead atoms. The molecule has 0 amide bonds. The summed E-state index contributed by atoms with van der Waals surface area (Å²) in [5.41, 5.74) is 3.01. The van der Waals surface area contributed by atoms with Crippen LogP contribution in [0.25, 0.3) is 0 Å². The smallest absolute Gasteiger partial charge is 0.127 e. The van der Waals surface area contributed by atoms with Gasteiger partial charge < -0.3 is 10.1 Å². The summed E-state index contributed by atoms with van der Waals surface area (Å²) in [5.74, 6) is -0.164.